The molecule has 1 aliphatic rings. The first-order chi connectivity index (χ1) is 20.3. The van der Waals surface area contributed by atoms with Gasteiger partial charge in [0.15, 0.2) is 0 Å². The molecule has 2 aromatic heterocycles. The number of carbonyl (C=O) groups is 2. The van der Waals surface area contributed by atoms with E-state index < -0.39 is 17.7 Å². The van der Waals surface area contributed by atoms with Crippen molar-refractivity contribution in [3.05, 3.63) is 73.8 Å². The van der Waals surface area contributed by atoms with E-state index in [1.807, 2.05) is 6.92 Å². The molecule has 1 saturated heterocycles. The fraction of sp³-hybridized carbons (Fsp3) is 0.379. The van der Waals surface area contributed by atoms with Gasteiger partial charge in [-0.3, -0.25) is 14.5 Å². The fourth-order valence-electron chi connectivity index (χ4n) is 5.05. The number of likely N-dealkylation sites (tertiary alicyclic amines) is 1. The zero-order valence-corrected chi connectivity index (χ0v) is 26.2. The molecule has 11 nitrogen and oxygen atoms in total. The maximum absolute atomic E-state index is 14.0. The summed E-state index contributed by atoms with van der Waals surface area (Å²) in [4.78, 5) is 50.3. The Labute approximate surface area is 262 Å². The molecule has 1 unspecified atom stereocenters. The minimum atomic E-state index is -0.863. The molecule has 2 atom stereocenters. The number of nitrogens with one attached hydrogen (secondary N) is 1. The summed E-state index contributed by atoms with van der Waals surface area (Å²) in [5.74, 6) is -0.0231. The van der Waals surface area contributed by atoms with E-state index in [4.69, 9.17) is 39.5 Å². The lowest BCUT2D eigenvalue weighted by atomic mass is 10.1. The maximum Gasteiger partial charge on any atom is 0.411 e. The average molecular weight is 647 g/mol. The molecule has 0 radical (unpaired) electrons. The molecule has 5 rings (SSSR count). The van der Waals surface area contributed by atoms with Gasteiger partial charge in [0, 0.05) is 30.1 Å². The molecule has 0 aliphatic carbocycles. The van der Waals surface area contributed by atoms with Crippen LogP contribution in [0.5, 0.6) is 0 Å². The van der Waals surface area contributed by atoms with Crippen LogP contribution in [0, 0.1) is 0 Å². The van der Waals surface area contributed by atoms with Crippen LogP contribution in [0.1, 0.15) is 46.0 Å². The molecule has 43 heavy (non-hydrogen) atoms. The number of fused-ring (bicyclic) bond motifs is 1. The first kappa shape index (κ1) is 30.8. The SMILES string of the molecule is CCN(Cc1nc2cc(Cl)ccc2c(=O)[nH]1)C(=O)[C@@H]1CC(n2cc(-c3c(Cl)cccc3Cl)nn2)CN1C(=O)OC(C)(C)C. The Kier molecular flexibility index (Phi) is 8.69. The Morgan fingerprint density at radius 2 is 1.86 bits per heavy atom. The second-order valence-electron chi connectivity index (χ2n) is 11.2. The van der Waals surface area contributed by atoms with Gasteiger partial charge in [-0.1, -0.05) is 46.1 Å². The number of H-pyrrole nitrogens is 1. The molecule has 226 valence electrons. The largest absolute Gasteiger partial charge is 0.444 e. The van der Waals surface area contributed by atoms with Crippen molar-refractivity contribution in [2.45, 2.75) is 58.3 Å². The van der Waals surface area contributed by atoms with Crippen molar-refractivity contribution < 1.29 is 14.3 Å². The van der Waals surface area contributed by atoms with Crippen LogP contribution in [0.3, 0.4) is 0 Å². The van der Waals surface area contributed by atoms with E-state index in [0.29, 0.717) is 49.6 Å². The van der Waals surface area contributed by atoms with E-state index in [1.165, 1.54) is 9.80 Å². The topological polar surface area (TPSA) is 126 Å². The van der Waals surface area contributed by atoms with Gasteiger partial charge < -0.3 is 14.6 Å². The highest BCUT2D eigenvalue weighted by atomic mass is 35.5. The molecule has 14 heteroatoms. The van der Waals surface area contributed by atoms with E-state index in [1.54, 1.807) is 68.0 Å². The second-order valence-corrected chi connectivity index (χ2v) is 12.5. The van der Waals surface area contributed by atoms with Gasteiger partial charge in [-0.25, -0.2) is 14.5 Å². The summed E-state index contributed by atoms with van der Waals surface area (Å²) in [5, 5.41) is 10.2. The number of aromatic nitrogens is 5. The normalized spacial score (nSPS) is 17.0. The van der Waals surface area contributed by atoms with Crippen LogP contribution in [0.25, 0.3) is 22.2 Å². The second kappa shape index (κ2) is 12.1. The maximum atomic E-state index is 14.0. The molecule has 1 aliphatic heterocycles. The number of likely N-dealkylation sites (N-methyl/N-ethyl adjacent to an activating group) is 1. The third-order valence-electron chi connectivity index (χ3n) is 7.05. The standard InChI is InChI=1S/C29H30Cl3N7O4/c1-5-37(15-24-33-21-11-16(30)9-10-18(21)26(40)34-24)27(41)23-12-17(13-38(23)28(42)43-29(2,3)4)39-14-22(35-36-39)25-19(31)7-6-8-20(25)32/h6-11,14,17,23H,5,12-13,15H2,1-4H3,(H,33,34,40)/t17?,23-/m0/s1. The monoisotopic (exact) mass is 645 g/mol. The number of hydrogen-bond acceptors (Lipinski definition) is 7. The van der Waals surface area contributed by atoms with Crippen molar-refractivity contribution in [3.8, 4) is 11.3 Å². The molecule has 4 aromatic rings. The van der Waals surface area contributed by atoms with Crippen molar-refractivity contribution in [3.63, 3.8) is 0 Å². The summed E-state index contributed by atoms with van der Waals surface area (Å²) < 4.78 is 7.28. The lowest BCUT2D eigenvalue weighted by molar-refractivity contribution is -0.136. The molecule has 0 bridgehead atoms. The number of rotatable bonds is 6. The Bertz CT molecular complexity index is 1730. The van der Waals surface area contributed by atoms with Crippen LogP contribution in [0.4, 0.5) is 4.79 Å². The van der Waals surface area contributed by atoms with Crippen LogP contribution in [0.2, 0.25) is 15.1 Å². The van der Waals surface area contributed by atoms with Gasteiger partial charge in [0.05, 0.1) is 39.7 Å². The molecule has 1 fully saturated rings. The summed E-state index contributed by atoms with van der Waals surface area (Å²) in [7, 11) is 0. The summed E-state index contributed by atoms with van der Waals surface area (Å²) in [5.41, 5.74) is 0.325. The number of aromatic amines is 1. The summed E-state index contributed by atoms with van der Waals surface area (Å²) in [6.45, 7) is 7.59. The van der Waals surface area contributed by atoms with Gasteiger partial charge in [-0.05, 0) is 58.0 Å². The van der Waals surface area contributed by atoms with Crippen LogP contribution < -0.4 is 5.56 Å². The number of halogens is 3. The van der Waals surface area contributed by atoms with Crippen molar-refractivity contribution in [2.24, 2.45) is 0 Å². The Morgan fingerprint density at radius 1 is 1.14 bits per heavy atom. The predicted molar refractivity (Wildman–Crippen MR) is 164 cm³/mol. The minimum absolute atomic E-state index is 0.0226. The molecule has 3 heterocycles. The number of ether oxygens (including phenoxy) is 1. The number of nitrogens with zero attached hydrogens (tertiary/aromatic N) is 6. The molecular formula is C29H30Cl3N7O4. The first-order valence-corrected chi connectivity index (χ1v) is 14.8. The third kappa shape index (κ3) is 6.63. The quantitative estimate of drug-likeness (QED) is 0.283. The van der Waals surface area contributed by atoms with E-state index >= 15 is 0 Å². The summed E-state index contributed by atoms with van der Waals surface area (Å²) in [6, 6.07) is 8.73. The first-order valence-electron chi connectivity index (χ1n) is 13.7. The number of benzene rings is 2. The van der Waals surface area contributed by atoms with E-state index in [-0.39, 0.29) is 37.0 Å². The Balaban J connectivity index is 1.43. The third-order valence-corrected chi connectivity index (χ3v) is 7.91. The number of amides is 2. The van der Waals surface area contributed by atoms with E-state index in [2.05, 4.69) is 20.3 Å². The van der Waals surface area contributed by atoms with Gasteiger partial charge in [-0.15, -0.1) is 5.10 Å². The summed E-state index contributed by atoms with van der Waals surface area (Å²) >= 11 is 18.9. The molecule has 0 saturated carbocycles. The van der Waals surface area contributed by atoms with Crippen molar-refractivity contribution in [1.29, 1.82) is 0 Å². The highest BCUT2D eigenvalue weighted by Crippen LogP contribution is 2.35. The van der Waals surface area contributed by atoms with E-state index in [0.717, 1.165) is 0 Å². The van der Waals surface area contributed by atoms with Crippen LogP contribution in [-0.4, -0.2) is 71.5 Å². The fourth-order valence-corrected chi connectivity index (χ4v) is 5.80. The molecule has 0 spiro atoms. The molecule has 2 amide bonds. The highest BCUT2D eigenvalue weighted by molar-refractivity contribution is 6.39. The zero-order valence-electron chi connectivity index (χ0n) is 24.0. The van der Waals surface area contributed by atoms with Gasteiger partial charge in [0.1, 0.15) is 23.2 Å². The van der Waals surface area contributed by atoms with Crippen molar-refractivity contribution in [1.82, 2.24) is 34.8 Å². The predicted octanol–water partition coefficient (Wildman–Crippen LogP) is 5.74. The molecule has 2 aromatic carbocycles. The average Bonchev–Trinajstić information content (AvgIpc) is 3.58. The zero-order chi connectivity index (χ0) is 31.1. The van der Waals surface area contributed by atoms with Crippen molar-refractivity contribution >= 4 is 57.7 Å². The Hall–Kier alpha value is -3.67. The minimum Gasteiger partial charge on any atom is -0.444 e. The van der Waals surface area contributed by atoms with Gasteiger partial charge in [0.2, 0.25) is 5.91 Å². The van der Waals surface area contributed by atoms with Crippen LogP contribution in [-0.2, 0) is 16.1 Å². The van der Waals surface area contributed by atoms with Gasteiger partial charge in [0.25, 0.3) is 5.56 Å². The van der Waals surface area contributed by atoms with Crippen LogP contribution in [0.15, 0.2) is 47.4 Å². The lowest BCUT2D eigenvalue weighted by Gasteiger charge is -2.31. The summed E-state index contributed by atoms with van der Waals surface area (Å²) in [6.07, 6.45) is 1.33. The molecule has 1 N–H and O–H groups in total. The smallest absolute Gasteiger partial charge is 0.411 e. The number of carbonyl (C=O) groups excluding carboxylic acids is 2. The Morgan fingerprint density at radius 3 is 2.53 bits per heavy atom. The number of hydrogen-bond donors (Lipinski definition) is 1. The van der Waals surface area contributed by atoms with Gasteiger partial charge in [-0.2, -0.15) is 0 Å². The van der Waals surface area contributed by atoms with Crippen molar-refractivity contribution in [2.75, 3.05) is 13.1 Å². The van der Waals surface area contributed by atoms with Crippen LogP contribution >= 0.6 is 34.8 Å². The van der Waals surface area contributed by atoms with E-state index in [9.17, 15) is 14.4 Å². The highest BCUT2D eigenvalue weighted by Gasteiger charge is 2.44. The lowest BCUT2D eigenvalue weighted by Crippen LogP contribution is -2.49. The van der Waals surface area contributed by atoms with Gasteiger partial charge >= 0.3 is 6.09 Å². The molecular weight excluding hydrogens is 617 g/mol.